The van der Waals surface area contributed by atoms with Gasteiger partial charge in [0.25, 0.3) is 5.91 Å². The predicted molar refractivity (Wildman–Crippen MR) is 134 cm³/mol. The molecule has 1 aliphatic heterocycles. The second kappa shape index (κ2) is 11.4. The van der Waals surface area contributed by atoms with Crippen LogP contribution in [0.2, 0.25) is 10.0 Å². The van der Waals surface area contributed by atoms with E-state index < -0.39 is 17.6 Å². The highest BCUT2D eigenvalue weighted by atomic mass is 35.5. The molecule has 0 bridgehead atoms. The van der Waals surface area contributed by atoms with Gasteiger partial charge in [-0.25, -0.2) is 0 Å². The fourth-order valence-corrected chi connectivity index (χ4v) is 4.04. The van der Waals surface area contributed by atoms with Crippen molar-refractivity contribution in [2.75, 3.05) is 18.5 Å². The van der Waals surface area contributed by atoms with Crippen LogP contribution in [0.25, 0.3) is 0 Å². The number of carbonyl (C=O) groups excluding carboxylic acids is 2. The normalized spacial score (nSPS) is 15.7. The number of benzene rings is 1. The molecule has 2 aromatic rings. The molecule has 0 aliphatic carbocycles. The van der Waals surface area contributed by atoms with Crippen LogP contribution in [0.3, 0.4) is 0 Å². The lowest BCUT2D eigenvalue weighted by atomic mass is 10.1. The summed E-state index contributed by atoms with van der Waals surface area (Å²) < 4.78 is 13.0. The second-order valence-corrected chi connectivity index (χ2v) is 9.73. The van der Waals surface area contributed by atoms with Gasteiger partial charge in [-0.1, -0.05) is 29.3 Å². The van der Waals surface area contributed by atoms with E-state index in [1.807, 2.05) is 13.8 Å². The largest absolute Gasteiger partial charge is 0.458 e. The number of hydrogen-bond donors (Lipinski definition) is 2. The predicted octanol–water partition coefficient (Wildman–Crippen LogP) is 3.89. The zero-order valence-corrected chi connectivity index (χ0v) is 21.6. The van der Waals surface area contributed by atoms with Crippen LogP contribution in [0.1, 0.15) is 34.1 Å². The first-order chi connectivity index (χ1) is 16.5. The van der Waals surface area contributed by atoms with E-state index in [2.05, 4.69) is 10.4 Å². The van der Waals surface area contributed by atoms with Gasteiger partial charge in [-0.2, -0.15) is 5.10 Å². The molecule has 2 atom stereocenters. The Morgan fingerprint density at radius 1 is 1.31 bits per heavy atom. The SMILES string of the molecule is CCO[C@H](C)C[C@@H](C(=O)Nc1ccn(CC(C)(C)O)n1)N1CC(Oc2cccc(Cl)c2Cl)=CC1=O. The molecule has 1 aliphatic rings. The van der Waals surface area contributed by atoms with Gasteiger partial charge in [0.05, 0.1) is 29.8 Å². The maximum absolute atomic E-state index is 13.3. The molecule has 0 saturated heterocycles. The Bertz CT molecular complexity index is 1100. The van der Waals surface area contributed by atoms with E-state index in [0.29, 0.717) is 29.0 Å². The average molecular weight is 525 g/mol. The monoisotopic (exact) mass is 524 g/mol. The number of nitrogens with one attached hydrogen (secondary N) is 1. The minimum atomic E-state index is -0.960. The van der Waals surface area contributed by atoms with Crippen molar-refractivity contribution in [3.8, 4) is 5.75 Å². The van der Waals surface area contributed by atoms with E-state index in [0.717, 1.165) is 0 Å². The molecule has 0 radical (unpaired) electrons. The third-order valence-electron chi connectivity index (χ3n) is 5.18. The van der Waals surface area contributed by atoms with Crippen molar-refractivity contribution in [2.24, 2.45) is 0 Å². The zero-order chi connectivity index (χ0) is 25.8. The first-order valence-electron chi connectivity index (χ1n) is 11.3. The fourth-order valence-electron chi connectivity index (χ4n) is 3.71. The number of ether oxygens (including phenoxy) is 2. The number of rotatable bonds is 11. The van der Waals surface area contributed by atoms with Crippen LogP contribution in [-0.2, 0) is 20.9 Å². The standard InChI is InChI=1S/C24H30Cl2N4O5/c1-5-34-15(2)11-18(23(32)27-20-9-10-29(28-20)14-24(3,4)33)30-13-16(12-21(30)31)35-19-8-6-7-17(25)22(19)26/h6-10,12,15,18,33H,5,11,13-14H2,1-4H3,(H,27,28,32)/t15-,18+/m1/s1. The summed E-state index contributed by atoms with van der Waals surface area (Å²) >= 11 is 12.3. The van der Waals surface area contributed by atoms with E-state index in [4.69, 9.17) is 32.7 Å². The Morgan fingerprint density at radius 3 is 2.74 bits per heavy atom. The molecular formula is C24H30Cl2N4O5. The van der Waals surface area contributed by atoms with Gasteiger partial charge in [0.15, 0.2) is 5.82 Å². The highest BCUT2D eigenvalue weighted by Crippen LogP contribution is 2.33. The zero-order valence-electron chi connectivity index (χ0n) is 20.1. The van der Waals surface area contributed by atoms with E-state index in [-0.39, 0.29) is 36.5 Å². The van der Waals surface area contributed by atoms with Gasteiger partial charge in [-0.05, 0) is 39.8 Å². The van der Waals surface area contributed by atoms with Crippen molar-refractivity contribution in [2.45, 2.75) is 58.4 Å². The van der Waals surface area contributed by atoms with Gasteiger partial charge in [0, 0.05) is 31.4 Å². The van der Waals surface area contributed by atoms with Crippen molar-refractivity contribution < 1.29 is 24.2 Å². The Hall–Kier alpha value is -2.59. The fraction of sp³-hybridized carbons (Fsp3) is 0.458. The quantitative estimate of drug-likeness (QED) is 0.461. The van der Waals surface area contributed by atoms with Crippen molar-refractivity contribution in [1.82, 2.24) is 14.7 Å². The summed E-state index contributed by atoms with van der Waals surface area (Å²) in [6.07, 6.45) is 2.99. The number of anilines is 1. The third-order valence-corrected chi connectivity index (χ3v) is 5.98. The molecule has 2 heterocycles. The molecule has 35 heavy (non-hydrogen) atoms. The number of aliphatic hydroxyl groups is 1. The average Bonchev–Trinajstić information content (AvgIpc) is 3.34. The summed E-state index contributed by atoms with van der Waals surface area (Å²) in [6.45, 7) is 7.86. The number of hydrogen-bond acceptors (Lipinski definition) is 6. The van der Waals surface area contributed by atoms with Crippen molar-refractivity contribution in [3.05, 3.63) is 52.3 Å². The minimum absolute atomic E-state index is 0.0751. The number of amides is 2. The molecule has 11 heteroatoms. The molecular weight excluding hydrogens is 495 g/mol. The molecule has 3 rings (SSSR count). The molecule has 0 spiro atoms. The molecule has 190 valence electrons. The van der Waals surface area contributed by atoms with Crippen LogP contribution in [0.4, 0.5) is 5.82 Å². The van der Waals surface area contributed by atoms with Crippen molar-refractivity contribution >= 4 is 40.8 Å². The van der Waals surface area contributed by atoms with E-state index in [1.165, 1.54) is 15.7 Å². The van der Waals surface area contributed by atoms with Crippen LogP contribution in [-0.4, -0.2) is 62.5 Å². The van der Waals surface area contributed by atoms with Crippen molar-refractivity contribution in [3.63, 3.8) is 0 Å². The Kier molecular flexibility index (Phi) is 8.82. The summed E-state index contributed by atoms with van der Waals surface area (Å²) in [4.78, 5) is 27.6. The van der Waals surface area contributed by atoms with E-state index >= 15 is 0 Å². The number of aromatic nitrogens is 2. The summed E-state index contributed by atoms with van der Waals surface area (Å²) in [7, 11) is 0. The summed E-state index contributed by atoms with van der Waals surface area (Å²) in [5.74, 6) is 0.204. The third kappa shape index (κ3) is 7.44. The minimum Gasteiger partial charge on any atom is -0.458 e. The van der Waals surface area contributed by atoms with Gasteiger partial charge in [0.2, 0.25) is 5.91 Å². The first kappa shape index (κ1) is 27.0. The first-order valence-corrected chi connectivity index (χ1v) is 12.0. The van der Waals surface area contributed by atoms with Crippen LogP contribution in [0.5, 0.6) is 5.75 Å². The van der Waals surface area contributed by atoms with Gasteiger partial charge >= 0.3 is 0 Å². The van der Waals surface area contributed by atoms with E-state index in [9.17, 15) is 14.7 Å². The van der Waals surface area contributed by atoms with Crippen LogP contribution in [0.15, 0.2) is 42.3 Å². The highest BCUT2D eigenvalue weighted by molar-refractivity contribution is 6.42. The number of carbonyl (C=O) groups is 2. The van der Waals surface area contributed by atoms with Crippen LogP contribution < -0.4 is 10.1 Å². The van der Waals surface area contributed by atoms with Crippen molar-refractivity contribution in [1.29, 1.82) is 0 Å². The van der Waals surface area contributed by atoms with Crippen LogP contribution >= 0.6 is 23.2 Å². The Balaban J connectivity index is 1.74. The topological polar surface area (TPSA) is 106 Å². The molecule has 0 unspecified atom stereocenters. The van der Waals surface area contributed by atoms with Gasteiger partial charge in [-0.15, -0.1) is 0 Å². The molecule has 0 saturated carbocycles. The smallest absolute Gasteiger partial charge is 0.251 e. The lowest BCUT2D eigenvalue weighted by Gasteiger charge is -2.29. The van der Waals surface area contributed by atoms with Gasteiger partial charge in [-0.3, -0.25) is 14.3 Å². The molecule has 2 N–H and O–H groups in total. The molecule has 2 amide bonds. The van der Waals surface area contributed by atoms with Crippen LogP contribution in [0, 0.1) is 0 Å². The van der Waals surface area contributed by atoms with Gasteiger partial charge < -0.3 is 24.8 Å². The lowest BCUT2D eigenvalue weighted by Crippen LogP contribution is -2.47. The van der Waals surface area contributed by atoms with Gasteiger partial charge in [0.1, 0.15) is 22.6 Å². The molecule has 9 nitrogen and oxygen atoms in total. The number of halogens is 2. The van der Waals surface area contributed by atoms with E-state index in [1.54, 1.807) is 44.3 Å². The highest BCUT2D eigenvalue weighted by Gasteiger charge is 2.36. The summed E-state index contributed by atoms with van der Waals surface area (Å²) in [6, 6.07) is 5.77. The Morgan fingerprint density at radius 2 is 2.06 bits per heavy atom. The second-order valence-electron chi connectivity index (χ2n) is 8.95. The lowest BCUT2D eigenvalue weighted by molar-refractivity contribution is -0.134. The maximum Gasteiger partial charge on any atom is 0.251 e. The summed E-state index contributed by atoms with van der Waals surface area (Å²) in [5.41, 5.74) is -0.960. The molecule has 1 aromatic carbocycles. The number of nitrogens with zero attached hydrogens (tertiary/aromatic N) is 3. The molecule has 1 aromatic heterocycles. The maximum atomic E-state index is 13.3. The Labute approximate surface area is 214 Å². The summed E-state index contributed by atoms with van der Waals surface area (Å²) in [5, 5.41) is 17.6. The molecule has 0 fully saturated rings.